The molecule has 0 aromatic heterocycles. The highest BCUT2D eigenvalue weighted by Gasteiger charge is 2.09. The molecule has 0 radical (unpaired) electrons. The molecule has 0 aliphatic carbocycles. The highest BCUT2D eigenvalue weighted by molar-refractivity contribution is 14.1. The fraction of sp³-hybridized carbons (Fsp3) is 0.0455. The lowest BCUT2D eigenvalue weighted by Crippen LogP contribution is -2.17. The predicted molar refractivity (Wildman–Crippen MR) is 119 cm³/mol. The molecule has 0 bridgehead atoms. The summed E-state index contributed by atoms with van der Waals surface area (Å²) in [5.74, 6) is 0.251. The molecule has 0 aliphatic heterocycles. The van der Waals surface area contributed by atoms with Crippen LogP contribution in [-0.2, 0) is 0 Å². The average molecular weight is 500 g/mol. The molecule has 0 spiro atoms. The Hall–Kier alpha value is -3.20. The van der Waals surface area contributed by atoms with Gasteiger partial charge in [-0.25, -0.2) is 10.2 Å². The van der Waals surface area contributed by atoms with Crippen molar-refractivity contribution in [2.45, 2.75) is 0 Å². The Balaban J connectivity index is 1.62. The van der Waals surface area contributed by atoms with Gasteiger partial charge < -0.3 is 9.47 Å². The van der Waals surface area contributed by atoms with Crippen LogP contribution >= 0.6 is 22.6 Å². The number of esters is 1. The summed E-state index contributed by atoms with van der Waals surface area (Å²) in [5.41, 5.74) is 4.09. The van der Waals surface area contributed by atoms with E-state index in [9.17, 15) is 9.59 Å². The number of hydrogen-bond donors (Lipinski definition) is 1. The Bertz CT molecular complexity index is 1050. The lowest BCUT2D eigenvalue weighted by atomic mass is 10.2. The van der Waals surface area contributed by atoms with Crippen LogP contribution in [0, 0.1) is 3.57 Å². The summed E-state index contributed by atoms with van der Waals surface area (Å²) in [6, 6.07) is 20.7. The van der Waals surface area contributed by atoms with E-state index >= 15 is 0 Å². The van der Waals surface area contributed by atoms with Crippen LogP contribution in [0.4, 0.5) is 0 Å². The van der Waals surface area contributed by atoms with Crippen LogP contribution < -0.4 is 14.9 Å². The molecule has 0 aliphatic rings. The summed E-state index contributed by atoms with van der Waals surface area (Å²) in [7, 11) is 1.56. The summed E-state index contributed by atoms with van der Waals surface area (Å²) < 4.78 is 11.4. The van der Waals surface area contributed by atoms with Crippen LogP contribution in [-0.4, -0.2) is 25.2 Å². The van der Waals surface area contributed by atoms with Crippen molar-refractivity contribution in [1.82, 2.24) is 5.43 Å². The standard InChI is InChI=1S/C22H17IN2O4/c1-28-19-10-8-16(9-11-19)22(27)29-20-7-2-4-15(12-20)14-24-25-21(26)17-5-3-6-18(23)13-17/h2-14H,1H3,(H,25,26)/b24-14-. The first-order valence-corrected chi connectivity index (χ1v) is 9.68. The summed E-state index contributed by atoms with van der Waals surface area (Å²) >= 11 is 2.14. The van der Waals surface area contributed by atoms with Gasteiger partial charge in [-0.3, -0.25) is 4.79 Å². The van der Waals surface area contributed by atoms with E-state index in [1.165, 1.54) is 6.21 Å². The molecule has 0 saturated carbocycles. The third-order valence-corrected chi connectivity index (χ3v) is 4.53. The number of carbonyl (C=O) groups is 2. The maximum Gasteiger partial charge on any atom is 0.343 e. The number of hydrazone groups is 1. The number of halogens is 1. The maximum atomic E-state index is 12.3. The molecular formula is C22H17IN2O4. The van der Waals surface area contributed by atoms with Gasteiger partial charge in [-0.15, -0.1) is 0 Å². The van der Waals surface area contributed by atoms with Crippen molar-refractivity contribution in [3.8, 4) is 11.5 Å². The first-order valence-electron chi connectivity index (χ1n) is 8.60. The molecule has 146 valence electrons. The fourth-order valence-corrected chi connectivity index (χ4v) is 2.95. The second-order valence-electron chi connectivity index (χ2n) is 5.90. The molecule has 0 fully saturated rings. The van der Waals surface area contributed by atoms with Crippen LogP contribution in [0.15, 0.2) is 77.9 Å². The molecule has 3 aromatic carbocycles. The quantitative estimate of drug-likeness (QED) is 0.180. The van der Waals surface area contributed by atoms with E-state index in [0.29, 0.717) is 28.2 Å². The van der Waals surface area contributed by atoms with Crippen molar-refractivity contribution >= 4 is 40.7 Å². The van der Waals surface area contributed by atoms with Gasteiger partial charge in [0.05, 0.1) is 18.9 Å². The lowest BCUT2D eigenvalue weighted by Gasteiger charge is -2.06. The summed E-state index contributed by atoms with van der Waals surface area (Å²) in [5, 5.41) is 3.96. The molecule has 7 heteroatoms. The molecule has 3 rings (SSSR count). The second-order valence-corrected chi connectivity index (χ2v) is 7.15. The van der Waals surface area contributed by atoms with Gasteiger partial charge in [-0.1, -0.05) is 18.2 Å². The van der Waals surface area contributed by atoms with E-state index in [-0.39, 0.29) is 5.91 Å². The van der Waals surface area contributed by atoms with Gasteiger partial charge in [0.1, 0.15) is 11.5 Å². The number of hydrogen-bond acceptors (Lipinski definition) is 5. The molecule has 1 N–H and O–H groups in total. The van der Waals surface area contributed by atoms with Gasteiger partial charge >= 0.3 is 5.97 Å². The van der Waals surface area contributed by atoms with Gasteiger partial charge in [0.25, 0.3) is 5.91 Å². The number of rotatable bonds is 6. The Morgan fingerprint density at radius 2 is 1.69 bits per heavy atom. The minimum absolute atomic E-state index is 0.304. The number of ether oxygens (including phenoxy) is 2. The number of nitrogens with one attached hydrogen (secondary N) is 1. The SMILES string of the molecule is COc1ccc(C(=O)Oc2cccc(/C=N\NC(=O)c3cccc(I)c3)c2)cc1. The minimum atomic E-state index is -0.478. The molecule has 1 amide bonds. The average Bonchev–Trinajstić information content (AvgIpc) is 2.74. The van der Waals surface area contributed by atoms with Crippen LogP contribution in [0.3, 0.4) is 0 Å². The minimum Gasteiger partial charge on any atom is -0.497 e. The van der Waals surface area contributed by atoms with Gasteiger partial charge in [-0.2, -0.15) is 5.10 Å². The monoisotopic (exact) mass is 500 g/mol. The number of benzene rings is 3. The van der Waals surface area contributed by atoms with Gasteiger partial charge in [0.15, 0.2) is 0 Å². The second kappa shape index (κ2) is 9.83. The molecule has 0 heterocycles. The number of amides is 1. The third-order valence-electron chi connectivity index (χ3n) is 3.86. The zero-order valence-electron chi connectivity index (χ0n) is 15.5. The van der Waals surface area contributed by atoms with Crippen molar-refractivity contribution in [2.24, 2.45) is 5.10 Å². The molecule has 6 nitrogen and oxygen atoms in total. The smallest absolute Gasteiger partial charge is 0.343 e. The van der Waals surface area contributed by atoms with Crippen LogP contribution in [0.5, 0.6) is 11.5 Å². The number of carbonyl (C=O) groups excluding carboxylic acids is 2. The normalized spacial score (nSPS) is 10.6. The largest absolute Gasteiger partial charge is 0.497 e. The molecule has 29 heavy (non-hydrogen) atoms. The number of nitrogens with zero attached hydrogens (tertiary/aromatic N) is 1. The van der Waals surface area contributed by atoms with E-state index in [1.54, 1.807) is 73.8 Å². The molecule has 3 aromatic rings. The summed E-state index contributed by atoms with van der Waals surface area (Å²) in [6.07, 6.45) is 1.48. The fourth-order valence-electron chi connectivity index (χ4n) is 2.41. The third kappa shape index (κ3) is 5.89. The molecule has 0 unspecified atom stereocenters. The zero-order valence-corrected chi connectivity index (χ0v) is 17.6. The first-order chi connectivity index (χ1) is 14.0. The van der Waals surface area contributed by atoms with E-state index in [0.717, 1.165) is 3.57 Å². The summed E-state index contributed by atoms with van der Waals surface area (Å²) in [4.78, 5) is 24.4. The lowest BCUT2D eigenvalue weighted by molar-refractivity contribution is 0.0734. The molecular weight excluding hydrogens is 483 g/mol. The van der Waals surface area contributed by atoms with Gasteiger partial charge in [0.2, 0.25) is 0 Å². The molecule has 0 saturated heterocycles. The van der Waals surface area contributed by atoms with Gasteiger partial charge in [0, 0.05) is 9.13 Å². The topological polar surface area (TPSA) is 77.0 Å². The Labute approximate surface area is 181 Å². The Morgan fingerprint density at radius 3 is 2.41 bits per heavy atom. The van der Waals surface area contributed by atoms with E-state index in [2.05, 4.69) is 33.1 Å². The van der Waals surface area contributed by atoms with Crippen molar-refractivity contribution in [3.63, 3.8) is 0 Å². The Morgan fingerprint density at radius 1 is 0.931 bits per heavy atom. The van der Waals surface area contributed by atoms with Crippen molar-refractivity contribution < 1.29 is 19.1 Å². The van der Waals surface area contributed by atoms with Crippen molar-refractivity contribution in [2.75, 3.05) is 7.11 Å². The highest BCUT2D eigenvalue weighted by atomic mass is 127. The summed E-state index contributed by atoms with van der Waals surface area (Å²) in [6.45, 7) is 0. The van der Waals surface area contributed by atoms with Crippen LogP contribution in [0.25, 0.3) is 0 Å². The van der Waals surface area contributed by atoms with Gasteiger partial charge in [-0.05, 0) is 82.8 Å². The first kappa shape index (κ1) is 20.5. The number of methoxy groups -OCH3 is 1. The van der Waals surface area contributed by atoms with E-state index in [4.69, 9.17) is 9.47 Å². The van der Waals surface area contributed by atoms with Crippen LogP contribution in [0.1, 0.15) is 26.3 Å². The highest BCUT2D eigenvalue weighted by Crippen LogP contribution is 2.16. The van der Waals surface area contributed by atoms with E-state index < -0.39 is 5.97 Å². The maximum absolute atomic E-state index is 12.3. The zero-order chi connectivity index (χ0) is 20.6. The van der Waals surface area contributed by atoms with Crippen LogP contribution in [0.2, 0.25) is 0 Å². The predicted octanol–water partition coefficient (Wildman–Crippen LogP) is 4.28. The van der Waals surface area contributed by atoms with Crippen molar-refractivity contribution in [3.05, 3.63) is 93.1 Å². The molecule has 0 atom stereocenters. The van der Waals surface area contributed by atoms with Crippen molar-refractivity contribution in [1.29, 1.82) is 0 Å². The van der Waals surface area contributed by atoms with E-state index in [1.807, 2.05) is 6.07 Å². The Kier molecular flexibility index (Phi) is 6.96.